The SMILES string of the molecule is Cc1nc(N(CCC(C)C)C2CC2)sc1CNCC(C)C. The Bertz CT molecular complexity index is 435. The maximum absolute atomic E-state index is 4.85. The molecule has 0 amide bonds. The molecule has 1 fully saturated rings. The summed E-state index contributed by atoms with van der Waals surface area (Å²) in [6.07, 6.45) is 3.95. The number of thiazole rings is 1. The van der Waals surface area contributed by atoms with E-state index in [2.05, 4.69) is 44.8 Å². The molecule has 120 valence electrons. The zero-order valence-electron chi connectivity index (χ0n) is 14.3. The summed E-state index contributed by atoms with van der Waals surface area (Å²) in [5.41, 5.74) is 1.21. The fourth-order valence-corrected chi connectivity index (χ4v) is 3.52. The molecule has 0 aromatic carbocycles. The van der Waals surface area contributed by atoms with Gasteiger partial charge in [-0.05, 0) is 44.6 Å². The van der Waals surface area contributed by atoms with Crippen molar-refractivity contribution in [2.75, 3.05) is 18.0 Å². The number of aromatic nitrogens is 1. The summed E-state index contributed by atoms with van der Waals surface area (Å²) < 4.78 is 0. The summed E-state index contributed by atoms with van der Waals surface area (Å²) in [6, 6.07) is 0.755. The number of anilines is 1. The quantitative estimate of drug-likeness (QED) is 0.740. The lowest BCUT2D eigenvalue weighted by Crippen LogP contribution is -2.27. The van der Waals surface area contributed by atoms with Gasteiger partial charge in [-0.1, -0.05) is 27.7 Å². The van der Waals surface area contributed by atoms with Gasteiger partial charge in [0.1, 0.15) is 0 Å². The number of rotatable bonds is 9. The average molecular weight is 310 g/mol. The Labute approximate surface area is 134 Å². The molecule has 3 nitrogen and oxygen atoms in total. The highest BCUT2D eigenvalue weighted by Gasteiger charge is 2.31. The van der Waals surface area contributed by atoms with E-state index in [9.17, 15) is 0 Å². The van der Waals surface area contributed by atoms with Crippen LogP contribution in [0.25, 0.3) is 0 Å². The Hall–Kier alpha value is -0.610. The summed E-state index contributed by atoms with van der Waals surface area (Å²) in [6.45, 7) is 14.5. The van der Waals surface area contributed by atoms with E-state index in [0.29, 0.717) is 5.92 Å². The van der Waals surface area contributed by atoms with Gasteiger partial charge in [-0.3, -0.25) is 0 Å². The van der Waals surface area contributed by atoms with Crippen molar-refractivity contribution in [2.45, 2.75) is 66.5 Å². The smallest absolute Gasteiger partial charge is 0.186 e. The van der Waals surface area contributed by atoms with Crippen molar-refractivity contribution in [2.24, 2.45) is 11.8 Å². The van der Waals surface area contributed by atoms with Crippen molar-refractivity contribution in [3.8, 4) is 0 Å². The fourth-order valence-electron chi connectivity index (χ4n) is 2.39. The first-order valence-electron chi connectivity index (χ1n) is 8.41. The van der Waals surface area contributed by atoms with Crippen LogP contribution in [0, 0.1) is 18.8 Å². The zero-order valence-corrected chi connectivity index (χ0v) is 15.1. The fraction of sp³-hybridized carbons (Fsp3) is 0.824. The molecule has 0 spiro atoms. The first kappa shape index (κ1) is 16.8. The molecule has 1 N–H and O–H groups in total. The van der Waals surface area contributed by atoms with E-state index in [1.54, 1.807) is 0 Å². The Morgan fingerprint density at radius 2 is 1.95 bits per heavy atom. The molecule has 0 unspecified atom stereocenters. The van der Waals surface area contributed by atoms with Gasteiger partial charge in [0.05, 0.1) is 5.69 Å². The standard InChI is InChI=1S/C17H31N3S/c1-12(2)8-9-20(15-6-7-15)17-19-14(5)16(21-17)11-18-10-13(3)4/h12-13,15,18H,6-11H2,1-5H3. The van der Waals surface area contributed by atoms with Gasteiger partial charge < -0.3 is 10.2 Å². The van der Waals surface area contributed by atoms with E-state index in [4.69, 9.17) is 4.98 Å². The number of nitrogens with zero attached hydrogens (tertiary/aromatic N) is 2. The molecule has 2 rings (SSSR count). The first-order valence-corrected chi connectivity index (χ1v) is 9.22. The third kappa shape index (κ3) is 5.26. The molecule has 0 aliphatic heterocycles. The van der Waals surface area contributed by atoms with E-state index in [-0.39, 0.29) is 0 Å². The van der Waals surface area contributed by atoms with Crippen molar-refractivity contribution in [1.82, 2.24) is 10.3 Å². The normalized spacial score (nSPS) is 15.2. The van der Waals surface area contributed by atoms with E-state index < -0.39 is 0 Å². The van der Waals surface area contributed by atoms with Crippen LogP contribution in [0.4, 0.5) is 5.13 Å². The van der Waals surface area contributed by atoms with Gasteiger partial charge >= 0.3 is 0 Å². The van der Waals surface area contributed by atoms with E-state index in [0.717, 1.165) is 31.6 Å². The molecule has 1 aromatic rings. The van der Waals surface area contributed by atoms with Crippen molar-refractivity contribution in [3.05, 3.63) is 10.6 Å². The van der Waals surface area contributed by atoms with Crippen LogP contribution in [-0.2, 0) is 6.54 Å². The van der Waals surface area contributed by atoms with Crippen LogP contribution in [0.1, 0.15) is 57.5 Å². The highest BCUT2D eigenvalue weighted by atomic mass is 32.1. The lowest BCUT2D eigenvalue weighted by atomic mass is 10.1. The van der Waals surface area contributed by atoms with Crippen molar-refractivity contribution < 1.29 is 0 Å². The minimum absolute atomic E-state index is 0.701. The second-order valence-corrected chi connectivity index (χ2v) is 8.20. The number of hydrogen-bond acceptors (Lipinski definition) is 4. The van der Waals surface area contributed by atoms with Crippen molar-refractivity contribution in [1.29, 1.82) is 0 Å². The van der Waals surface area contributed by atoms with E-state index in [1.165, 1.54) is 35.0 Å². The predicted molar refractivity (Wildman–Crippen MR) is 93.2 cm³/mol. The molecule has 4 heteroatoms. The summed E-state index contributed by atoms with van der Waals surface area (Å²) in [5, 5.41) is 4.79. The monoisotopic (exact) mass is 309 g/mol. The molecule has 21 heavy (non-hydrogen) atoms. The maximum atomic E-state index is 4.85. The van der Waals surface area contributed by atoms with Crippen molar-refractivity contribution in [3.63, 3.8) is 0 Å². The Balaban J connectivity index is 1.97. The largest absolute Gasteiger partial charge is 0.345 e. The third-order valence-electron chi connectivity index (χ3n) is 3.90. The third-order valence-corrected chi connectivity index (χ3v) is 5.09. The maximum Gasteiger partial charge on any atom is 0.186 e. The van der Waals surface area contributed by atoms with E-state index in [1.807, 2.05) is 11.3 Å². The van der Waals surface area contributed by atoms with Crippen LogP contribution >= 0.6 is 11.3 Å². The molecule has 1 saturated carbocycles. The highest BCUT2D eigenvalue weighted by Crippen LogP contribution is 2.35. The van der Waals surface area contributed by atoms with E-state index >= 15 is 0 Å². The van der Waals surface area contributed by atoms with Gasteiger partial charge in [0.25, 0.3) is 0 Å². The second-order valence-electron chi connectivity index (χ2n) is 7.14. The zero-order chi connectivity index (χ0) is 15.4. The molecule has 1 aliphatic carbocycles. The van der Waals surface area contributed by atoms with Gasteiger partial charge in [-0.25, -0.2) is 4.98 Å². The molecule has 0 atom stereocenters. The Morgan fingerprint density at radius 3 is 2.52 bits per heavy atom. The predicted octanol–water partition coefficient (Wildman–Crippen LogP) is 4.21. The van der Waals surface area contributed by atoms with Gasteiger partial charge in [0, 0.05) is 24.0 Å². The van der Waals surface area contributed by atoms with Crippen LogP contribution < -0.4 is 10.2 Å². The minimum atomic E-state index is 0.701. The minimum Gasteiger partial charge on any atom is -0.345 e. The summed E-state index contributed by atoms with van der Waals surface area (Å²) in [5.74, 6) is 1.46. The number of hydrogen-bond donors (Lipinski definition) is 1. The first-order chi connectivity index (χ1) is 9.97. The highest BCUT2D eigenvalue weighted by molar-refractivity contribution is 7.15. The summed E-state index contributed by atoms with van der Waals surface area (Å²) >= 11 is 1.89. The van der Waals surface area contributed by atoms with Crippen LogP contribution in [0.5, 0.6) is 0 Å². The van der Waals surface area contributed by atoms with Crippen LogP contribution in [0.3, 0.4) is 0 Å². The van der Waals surface area contributed by atoms with Gasteiger partial charge in [0.2, 0.25) is 0 Å². The molecule has 0 radical (unpaired) electrons. The molecular formula is C17H31N3S. The molecule has 1 aliphatic rings. The summed E-state index contributed by atoms with van der Waals surface area (Å²) in [7, 11) is 0. The Kier molecular flexibility index (Phi) is 6.06. The second kappa shape index (κ2) is 7.59. The molecular weight excluding hydrogens is 278 g/mol. The topological polar surface area (TPSA) is 28.2 Å². The van der Waals surface area contributed by atoms with Crippen LogP contribution in [-0.4, -0.2) is 24.1 Å². The van der Waals surface area contributed by atoms with Crippen LogP contribution in [0.15, 0.2) is 0 Å². The molecule has 0 bridgehead atoms. The van der Waals surface area contributed by atoms with Gasteiger partial charge in [-0.2, -0.15) is 0 Å². The molecule has 1 heterocycles. The Morgan fingerprint density at radius 1 is 1.24 bits per heavy atom. The number of aryl methyl sites for hydroxylation is 1. The lowest BCUT2D eigenvalue weighted by Gasteiger charge is -2.22. The van der Waals surface area contributed by atoms with Gasteiger partial charge in [-0.15, -0.1) is 11.3 Å². The lowest BCUT2D eigenvalue weighted by molar-refractivity contribution is 0.554. The van der Waals surface area contributed by atoms with Gasteiger partial charge in [0.15, 0.2) is 5.13 Å². The average Bonchev–Trinajstić information content (AvgIpc) is 3.15. The number of nitrogens with one attached hydrogen (secondary N) is 1. The summed E-state index contributed by atoms with van der Waals surface area (Å²) in [4.78, 5) is 8.82. The molecule has 1 aromatic heterocycles. The van der Waals surface area contributed by atoms with Crippen LogP contribution in [0.2, 0.25) is 0 Å². The molecule has 0 saturated heterocycles. The van der Waals surface area contributed by atoms with Crippen molar-refractivity contribution >= 4 is 16.5 Å².